The van der Waals surface area contributed by atoms with Crippen LogP contribution in [-0.4, -0.2) is 30.2 Å². The molecule has 94 valence electrons. The first-order chi connectivity index (χ1) is 8.06. The molecule has 0 amide bonds. The van der Waals surface area contributed by atoms with Crippen LogP contribution in [-0.2, 0) is 11.3 Å². The van der Waals surface area contributed by atoms with Gasteiger partial charge >= 0.3 is 0 Å². The largest absolute Gasteiger partial charge is 0.398 e. The highest BCUT2D eigenvalue weighted by atomic mass is 79.9. The molecule has 2 N–H and O–H groups in total. The van der Waals surface area contributed by atoms with E-state index < -0.39 is 0 Å². The van der Waals surface area contributed by atoms with Gasteiger partial charge in [-0.05, 0) is 47.5 Å². The lowest BCUT2D eigenvalue weighted by Gasteiger charge is -2.36. The van der Waals surface area contributed by atoms with E-state index in [9.17, 15) is 0 Å². The molecule has 0 aromatic heterocycles. The van der Waals surface area contributed by atoms with Gasteiger partial charge in [-0.2, -0.15) is 0 Å². The lowest BCUT2D eigenvalue weighted by molar-refractivity contribution is -0.0526. The first-order valence-corrected chi connectivity index (χ1v) is 6.75. The number of nitrogens with zero attached hydrogens (tertiary/aromatic N) is 1. The third-order valence-electron chi connectivity index (χ3n) is 3.18. The van der Waals surface area contributed by atoms with Crippen LogP contribution in [0.4, 0.5) is 5.69 Å². The maximum absolute atomic E-state index is 5.90. The van der Waals surface area contributed by atoms with E-state index in [0.717, 1.165) is 29.9 Å². The molecule has 2 rings (SSSR count). The number of hydrogen-bond donors (Lipinski definition) is 1. The summed E-state index contributed by atoms with van der Waals surface area (Å²) in [6.07, 6.45) is 0.319. The van der Waals surface area contributed by atoms with E-state index in [1.54, 1.807) is 0 Å². The molecule has 1 aromatic carbocycles. The molecule has 4 heteroatoms. The SMILES string of the molecule is CC1CN(Cc2ccc(Br)c(N)c2)C(C)CO1. The van der Waals surface area contributed by atoms with E-state index >= 15 is 0 Å². The molecule has 0 radical (unpaired) electrons. The van der Waals surface area contributed by atoms with Gasteiger partial charge in [0.05, 0.1) is 12.7 Å². The Labute approximate surface area is 111 Å². The van der Waals surface area contributed by atoms with Gasteiger partial charge in [0, 0.05) is 29.3 Å². The van der Waals surface area contributed by atoms with Crippen molar-refractivity contribution in [3.63, 3.8) is 0 Å². The van der Waals surface area contributed by atoms with E-state index in [0.29, 0.717) is 12.1 Å². The number of anilines is 1. The number of hydrogen-bond acceptors (Lipinski definition) is 3. The molecule has 0 spiro atoms. The highest BCUT2D eigenvalue weighted by molar-refractivity contribution is 9.10. The van der Waals surface area contributed by atoms with Gasteiger partial charge < -0.3 is 10.5 Å². The van der Waals surface area contributed by atoms with Crippen LogP contribution in [0.1, 0.15) is 19.4 Å². The number of benzene rings is 1. The Balaban J connectivity index is 2.06. The van der Waals surface area contributed by atoms with E-state index in [4.69, 9.17) is 10.5 Å². The van der Waals surface area contributed by atoms with Gasteiger partial charge in [-0.25, -0.2) is 0 Å². The Kier molecular flexibility index (Phi) is 4.07. The van der Waals surface area contributed by atoms with Crippen LogP contribution in [0.15, 0.2) is 22.7 Å². The van der Waals surface area contributed by atoms with E-state index in [1.807, 2.05) is 12.1 Å². The molecule has 0 aliphatic carbocycles. The van der Waals surface area contributed by atoms with Crippen molar-refractivity contribution in [2.24, 2.45) is 0 Å². The van der Waals surface area contributed by atoms with Crippen molar-refractivity contribution in [2.45, 2.75) is 32.5 Å². The summed E-state index contributed by atoms with van der Waals surface area (Å²) in [7, 11) is 0. The fourth-order valence-corrected chi connectivity index (χ4v) is 2.36. The topological polar surface area (TPSA) is 38.5 Å². The lowest BCUT2D eigenvalue weighted by Crippen LogP contribution is -2.46. The molecule has 1 saturated heterocycles. The molecule has 2 unspecified atom stereocenters. The van der Waals surface area contributed by atoms with Crippen LogP contribution in [0.5, 0.6) is 0 Å². The van der Waals surface area contributed by atoms with Crippen molar-refractivity contribution in [1.29, 1.82) is 0 Å². The number of rotatable bonds is 2. The second-order valence-electron chi connectivity index (χ2n) is 4.78. The molecule has 3 nitrogen and oxygen atoms in total. The maximum atomic E-state index is 5.90. The summed E-state index contributed by atoms with van der Waals surface area (Å²) in [5.74, 6) is 0. The predicted octanol–water partition coefficient (Wildman–Crippen LogP) is 2.64. The zero-order chi connectivity index (χ0) is 12.4. The van der Waals surface area contributed by atoms with Crippen molar-refractivity contribution in [3.8, 4) is 0 Å². The van der Waals surface area contributed by atoms with E-state index in [1.165, 1.54) is 5.56 Å². The van der Waals surface area contributed by atoms with Gasteiger partial charge in [0.25, 0.3) is 0 Å². The summed E-state index contributed by atoms with van der Waals surface area (Å²) in [6.45, 7) is 7.06. The smallest absolute Gasteiger partial charge is 0.0674 e. The normalized spacial score (nSPS) is 26.1. The number of halogens is 1. The van der Waals surface area contributed by atoms with E-state index in [2.05, 4.69) is 40.7 Å². The minimum atomic E-state index is 0.319. The van der Waals surface area contributed by atoms with Crippen LogP contribution in [0.25, 0.3) is 0 Å². The number of morpholine rings is 1. The summed E-state index contributed by atoms with van der Waals surface area (Å²) < 4.78 is 6.59. The summed E-state index contributed by atoms with van der Waals surface area (Å²) in [5, 5.41) is 0. The first kappa shape index (κ1) is 12.9. The molecular weight excluding hydrogens is 280 g/mol. The molecule has 0 bridgehead atoms. The molecule has 0 saturated carbocycles. The summed E-state index contributed by atoms with van der Waals surface area (Å²) >= 11 is 3.42. The van der Waals surface area contributed by atoms with E-state index in [-0.39, 0.29) is 0 Å². The summed E-state index contributed by atoms with van der Waals surface area (Å²) in [6, 6.07) is 6.64. The van der Waals surface area contributed by atoms with Crippen LogP contribution >= 0.6 is 15.9 Å². The average Bonchev–Trinajstić information content (AvgIpc) is 2.29. The molecule has 1 aromatic rings. The number of nitrogens with two attached hydrogens (primary N) is 1. The molecule has 2 atom stereocenters. The fourth-order valence-electron chi connectivity index (χ4n) is 2.12. The van der Waals surface area contributed by atoms with Gasteiger partial charge in [0.15, 0.2) is 0 Å². The molecule has 1 heterocycles. The second kappa shape index (κ2) is 5.38. The molecule has 1 aliphatic rings. The third-order valence-corrected chi connectivity index (χ3v) is 3.91. The highest BCUT2D eigenvalue weighted by Gasteiger charge is 2.23. The van der Waals surface area contributed by atoms with Crippen molar-refractivity contribution < 1.29 is 4.74 Å². The molecule has 1 fully saturated rings. The van der Waals surface area contributed by atoms with Crippen molar-refractivity contribution >= 4 is 21.6 Å². The molecule has 1 aliphatic heterocycles. The number of nitrogen functional groups attached to an aromatic ring is 1. The van der Waals surface area contributed by atoms with Gasteiger partial charge in [-0.3, -0.25) is 4.90 Å². The van der Waals surface area contributed by atoms with Crippen LogP contribution < -0.4 is 5.73 Å². The second-order valence-corrected chi connectivity index (χ2v) is 5.63. The maximum Gasteiger partial charge on any atom is 0.0674 e. The Hall–Kier alpha value is -0.580. The van der Waals surface area contributed by atoms with Gasteiger partial charge in [-0.15, -0.1) is 0 Å². The minimum Gasteiger partial charge on any atom is -0.398 e. The lowest BCUT2D eigenvalue weighted by atomic mass is 10.1. The van der Waals surface area contributed by atoms with Crippen molar-refractivity contribution in [1.82, 2.24) is 4.90 Å². The van der Waals surface area contributed by atoms with Crippen LogP contribution in [0.3, 0.4) is 0 Å². The zero-order valence-electron chi connectivity index (χ0n) is 10.3. The van der Waals surface area contributed by atoms with Crippen LogP contribution in [0.2, 0.25) is 0 Å². The average molecular weight is 299 g/mol. The van der Waals surface area contributed by atoms with Crippen molar-refractivity contribution in [3.05, 3.63) is 28.2 Å². The molecule has 17 heavy (non-hydrogen) atoms. The quantitative estimate of drug-likeness (QED) is 0.853. The van der Waals surface area contributed by atoms with Gasteiger partial charge in [-0.1, -0.05) is 6.07 Å². The predicted molar refractivity (Wildman–Crippen MR) is 73.8 cm³/mol. The Bertz CT molecular complexity index is 397. The summed E-state index contributed by atoms with van der Waals surface area (Å²) in [5.41, 5.74) is 7.96. The third kappa shape index (κ3) is 3.21. The minimum absolute atomic E-state index is 0.319. The Morgan fingerprint density at radius 3 is 2.94 bits per heavy atom. The fraction of sp³-hybridized carbons (Fsp3) is 0.538. The summed E-state index contributed by atoms with van der Waals surface area (Å²) in [4.78, 5) is 2.44. The first-order valence-electron chi connectivity index (χ1n) is 5.96. The Morgan fingerprint density at radius 1 is 1.47 bits per heavy atom. The van der Waals surface area contributed by atoms with Gasteiger partial charge in [0.2, 0.25) is 0 Å². The monoisotopic (exact) mass is 298 g/mol. The van der Waals surface area contributed by atoms with Crippen LogP contribution in [0, 0.1) is 0 Å². The Morgan fingerprint density at radius 2 is 2.24 bits per heavy atom. The highest BCUT2D eigenvalue weighted by Crippen LogP contribution is 2.22. The van der Waals surface area contributed by atoms with Crippen molar-refractivity contribution in [2.75, 3.05) is 18.9 Å². The standard InChI is InChI=1S/C13H19BrN2O/c1-9-8-17-10(2)6-16(9)7-11-3-4-12(14)13(15)5-11/h3-5,9-10H,6-8,15H2,1-2H3. The number of ether oxygens (including phenoxy) is 1. The molecular formula is C13H19BrN2O. The zero-order valence-corrected chi connectivity index (χ0v) is 11.9. The van der Waals surface area contributed by atoms with Gasteiger partial charge in [0.1, 0.15) is 0 Å².